The molecule has 0 saturated carbocycles. The Hall–Kier alpha value is -0.120. The summed E-state index contributed by atoms with van der Waals surface area (Å²) in [4.78, 5) is 2.53. The topological polar surface area (TPSA) is 21.7 Å². The van der Waals surface area contributed by atoms with Crippen LogP contribution in [0.25, 0.3) is 0 Å². The molecule has 2 aliphatic heterocycles. The second-order valence-corrected chi connectivity index (χ2v) is 5.13. The van der Waals surface area contributed by atoms with Crippen LogP contribution in [-0.4, -0.2) is 43.5 Å². The van der Waals surface area contributed by atoms with Gasteiger partial charge in [0.2, 0.25) is 0 Å². The van der Waals surface area contributed by atoms with Gasteiger partial charge in [0.25, 0.3) is 0 Å². The molecule has 0 atom stereocenters. The van der Waals surface area contributed by atoms with Gasteiger partial charge < -0.3 is 9.47 Å². The van der Waals surface area contributed by atoms with Crippen LogP contribution >= 0.6 is 0 Å². The molecule has 2 rings (SSSR count). The molecule has 2 saturated heterocycles. The largest absolute Gasteiger partial charge is 0.346 e. The van der Waals surface area contributed by atoms with Gasteiger partial charge in [-0.3, -0.25) is 4.90 Å². The highest BCUT2D eigenvalue weighted by Crippen LogP contribution is 2.30. The van der Waals surface area contributed by atoms with E-state index < -0.39 is 0 Å². The van der Waals surface area contributed by atoms with E-state index in [1.165, 1.54) is 32.4 Å². The fourth-order valence-electron chi connectivity index (χ4n) is 2.87. The van der Waals surface area contributed by atoms with E-state index in [9.17, 15) is 0 Å². The van der Waals surface area contributed by atoms with Gasteiger partial charge in [-0.2, -0.15) is 0 Å². The highest BCUT2D eigenvalue weighted by molar-refractivity contribution is 4.84. The smallest absolute Gasteiger partial charge is 0.181 e. The Labute approximate surface area is 99.1 Å². The van der Waals surface area contributed by atoms with Crippen molar-refractivity contribution in [2.45, 2.75) is 45.3 Å². The number of hydrogen-bond acceptors (Lipinski definition) is 3. The molecule has 0 aliphatic carbocycles. The van der Waals surface area contributed by atoms with Gasteiger partial charge in [0, 0.05) is 13.0 Å². The fraction of sp³-hybridized carbons (Fsp3) is 1.00. The van der Waals surface area contributed by atoms with Crippen LogP contribution in [0.4, 0.5) is 0 Å². The van der Waals surface area contributed by atoms with Gasteiger partial charge in [-0.05, 0) is 18.9 Å². The van der Waals surface area contributed by atoms with E-state index >= 15 is 0 Å². The summed E-state index contributed by atoms with van der Waals surface area (Å²) in [5, 5.41) is 0. The van der Waals surface area contributed by atoms with E-state index in [0.29, 0.717) is 0 Å². The van der Waals surface area contributed by atoms with Crippen LogP contribution in [-0.2, 0) is 9.47 Å². The molecule has 3 heteroatoms. The number of piperidine rings is 1. The van der Waals surface area contributed by atoms with Crippen LogP contribution in [0.1, 0.15) is 39.5 Å². The Bertz CT molecular complexity index is 210. The van der Waals surface area contributed by atoms with Crippen molar-refractivity contribution in [3.63, 3.8) is 0 Å². The fourth-order valence-corrected chi connectivity index (χ4v) is 2.87. The molecule has 2 aliphatic rings. The van der Waals surface area contributed by atoms with Crippen molar-refractivity contribution in [2.75, 3.05) is 32.8 Å². The maximum absolute atomic E-state index is 5.80. The number of rotatable bonds is 4. The molecule has 94 valence electrons. The van der Waals surface area contributed by atoms with E-state index in [-0.39, 0.29) is 5.79 Å². The predicted molar refractivity (Wildman–Crippen MR) is 64.4 cm³/mol. The number of hydrogen-bond donors (Lipinski definition) is 0. The second kappa shape index (κ2) is 5.48. The van der Waals surface area contributed by atoms with E-state index in [1.807, 2.05) is 0 Å². The summed E-state index contributed by atoms with van der Waals surface area (Å²) in [5.74, 6) is 0.584. The Morgan fingerprint density at radius 2 is 1.88 bits per heavy atom. The molecule has 3 nitrogen and oxygen atoms in total. The van der Waals surface area contributed by atoms with Crippen molar-refractivity contribution in [3.05, 3.63) is 0 Å². The third-order valence-electron chi connectivity index (χ3n) is 3.98. The zero-order chi connectivity index (χ0) is 11.4. The Morgan fingerprint density at radius 3 is 2.50 bits per heavy atom. The molecule has 0 unspecified atom stereocenters. The van der Waals surface area contributed by atoms with Crippen molar-refractivity contribution in [3.8, 4) is 0 Å². The lowest BCUT2D eigenvalue weighted by molar-refractivity contribution is -0.190. The third kappa shape index (κ3) is 2.76. The monoisotopic (exact) mass is 227 g/mol. The van der Waals surface area contributed by atoms with Crippen LogP contribution < -0.4 is 0 Å². The molecule has 0 bridgehead atoms. The van der Waals surface area contributed by atoms with Crippen LogP contribution in [0.5, 0.6) is 0 Å². The highest BCUT2D eigenvalue weighted by Gasteiger charge is 2.40. The summed E-state index contributed by atoms with van der Waals surface area (Å²) >= 11 is 0. The lowest BCUT2D eigenvalue weighted by Crippen LogP contribution is -2.50. The molecular weight excluding hydrogens is 202 g/mol. The van der Waals surface area contributed by atoms with Gasteiger partial charge in [0.15, 0.2) is 5.79 Å². The van der Waals surface area contributed by atoms with Gasteiger partial charge in [-0.25, -0.2) is 0 Å². The summed E-state index contributed by atoms with van der Waals surface area (Å²) in [7, 11) is 0. The Kier molecular flexibility index (Phi) is 4.22. The molecular formula is C13H25NO2. The minimum Gasteiger partial charge on any atom is -0.346 e. The first-order valence-electron chi connectivity index (χ1n) is 6.78. The minimum absolute atomic E-state index is 0.246. The maximum atomic E-state index is 5.80. The van der Waals surface area contributed by atoms with E-state index in [2.05, 4.69) is 18.7 Å². The first-order chi connectivity index (χ1) is 7.78. The zero-order valence-electron chi connectivity index (χ0n) is 10.7. The van der Waals surface area contributed by atoms with E-state index in [4.69, 9.17) is 9.47 Å². The second-order valence-electron chi connectivity index (χ2n) is 5.13. The molecule has 0 radical (unpaired) electrons. The average Bonchev–Trinajstić information content (AvgIpc) is 2.74. The zero-order valence-corrected chi connectivity index (χ0v) is 10.7. The summed E-state index contributed by atoms with van der Waals surface area (Å²) in [5.41, 5.74) is 0. The molecule has 1 spiro atoms. The van der Waals surface area contributed by atoms with E-state index in [1.54, 1.807) is 0 Å². The third-order valence-corrected chi connectivity index (χ3v) is 3.98. The van der Waals surface area contributed by atoms with Gasteiger partial charge in [0.05, 0.1) is 19.8 Å². The van der Waals surface area contributed by atoms with Crippen molar-refractivity contribution >= 4 is 0 Å². The molecule has 0 aromatic rings. The van der Waals surface area contributed by atoms with Crippen molar-refractivity contribution < 1.29 is 9.47 Å². The predicted octanol–water partition coefficient (Wildman–Crippen LogP) is 2.26. The number of ether oxygens (including phenoxy) is 2. The molecule has 0 aromatic heterocycles. The molecule has 0 amide bonds. The molecule has 2 heterocycles. The highest BCUT2D eigenvalue weighted by atomic mass is 16.7. The maximum Gasteiger partial charge on any atom is 0.181 e. The summed E-state index contributed by atoms with van der Waals surface area (Å²) in [6.07, 6.45) is 4.84. The van der Waals surface area contributed by atoms with Gasteiger partial charge >= 0.3 is 0 Å². The van der Waals surface area contributed by atoms with Crippen LogP contribution in [0.15, 0.2) is 0 Å². The quantitative estimate of drug-likeness (QED) is 0.735. The first kappa shape index (κ1) is 12.3. The molecule has 0 N–H and O–H groups in total. The van der Waals surface area contributed by atoms with Crippen molar-refractivity contribution in [1.82, 2.24) is 4.90 Å². The van der Waals surface area contributed by atoms with Crippen molar-refractivity contribution in [2.24, 2.45) is 5.92 Å². The summed E-state index contributed by atoms with van der Waals surface area (Å²) in [6.45, 7) is 9.53. The average molecular weight is 227 g/mol. The SMILES string of the molecule is CCC(CC)CN1CCCC2(C1)OCCO2. The summed E-state index contributed by atoms with van der Waals surface area (Å²) in [6, 6.07) is 0. The minimum atomic E-state index is -0.246. The lowest BCUT2D eigenvalue weighted by Gasteiger charge is -2.39. The normalized spacial score (nSPS) is 25.7. The number of nitrogens with zero attached hydrogens (tertiary/aromatic N) is 1. The Balaban J connectivity index is 1.86. The lowest BCUT2D eigenvalue weighted by atomic mass is 9.99. The van der Waals surface area contributed by atoms with Gasteiger partial charge in [-0.15, -0.1) is 0 Å². The van der Waals surface area contributed by atoms with Gasteiger partial charge in [-0.1, -0.05) is 26.7 Å². The van der Waals surface area contributed by atoms with Crippen LogP contribution in [0.2, 0.25) is 0 Å². The molecule has 2 fully saturated rings. The van der Waals surface area contributed by atoms with Crippen LogP contribution in [0, 0.1) is 5.92 Å². The number of likely N-dealkylation sites (tertiary alicyclic amines) is 1. The Morgan fingerprint density at radius 1 is 1.19 bits per heavy atom. The van der Waals surface area contributed by atoms with Gasteiger partial charge in [0.1, 0.15) is 0 Å². The van der Waals surface area contributed by atoms with E-state index in [0.717, 1.165) is 32.1 Å². The van der Waals surface area contributed by atoms with Crippen molar-refractivity contribution in [1.29, 1.82) is 0 Å². The standard InChI is InChI=1S/C13H25NO2/c1-3-12(4-2)10-14-7-5-6-13(11-14)15-8-9-16-13/h12H,3-11H2,1-2H3. The summed E-state index contributed by atoms with van der Waals surface area (Å²) < 4.78 is 11.6. The first-order valence-corrected chi connectivity index (χ1v) is 6.78. The molecule has 16 heavy (non-hydrogen) atoms. The molecule has 0 aromatic carbocycles. The van der Waals surface area contributed by atoms with Crippen LogP contribution in [0.3, 0.4) is 0 Å².